The summed E-state index contributed by atoms with van der Waals surface area (Å²) < 4.78 is 56.2. The second kappa shape index (κ2) is 10.1. The van der Waals surface area contributed by atoms with E-state index in [1.165, 1.54) is 30.9 Å². The number of benzene rings is 1. The van der Waals surface area contributed by atoms with Crippen molar-refractivity contribution in [3.05, 3.63) is 82.3 Å². The third-order valence-corrected chi connectivity index (χ3v) is 5.51. The summed E-state index contributed by atoms with van der Waals surface area (Å²) in [7, 11) is 0. The minimum Gasteiger partial charge on any atom is -0.397 e. The summed E-state index contributed by atoms with van der Waals surface area (Å²) in [6.07, 6.45) is 1.70. The lowest BCUT2D eigenvalue weighted by molar-refractivity contribution is -0.137. The van der Waals surface area contributed by atoms with Gasteiger partial charge in [-0.25, -0.2) is 9.37 Å². The van der Waals surface area contributed by atoms with E-state index in [1.807, 2.05) is 13.8 Å². The zero-order valence-corrected chi connectivity index (χ0v) is 20.2. The molecular weight excluding hydrogens is 514 g/mol. The van der Waals surface area contributed by atoms with Crippen LogP contribution in [0.3, 0.4) is 0 Å². The first-order valence-corrected chi connectivity index (χ1v) is 11.1. The van der Waals surface area contributed by atoms with E-state index >= 15 is 4.39 Å². The summed E-state index contributed by atoms with van der Waals surface area (Å²) in [6, 6.07) is 3.01. The molecule has 0 saturated heterocycles. The fourth-order valence-electron chi connectivity index (χ4n) is 3.65. The molecule has 192 valence electrons. The monoisotopic (exact) mass is 533 g/mol. The summed E-state index contributed by atoms with van der Waals surface area (Å²) in [5.41, 5.74) is 6.78. The maximum atomic E-state index is 15.3. The number of allylic oxidation sites excluding steroid dienone is 1. The Hall–Kier alpha value is -4.03. The molecule has 4 N–H and O–H groups in total. The van der Waals surface area contributed by atoms with E-state index in [0.29, 0.717) is 11.1 Å². The standard InChI is InChI=1S/C24H20ClF4N7O/c1-12(2)5-13-9-31-11-20(30)21(13)16-7-18(25)15(8-19(16)26)23(37)35-14-6-17(24(27,28)29)22(32-10-14)36-33-3-4-34-36/h3-11,23,35,37H,30H2,1-2H3. The highest BCUT2D eigenvalue weighted by atomic mass is 35.5. The fourth-order valence-corrected chi connectivity index (χ4v) is 3.92. The van der Waals surface area contributed by atoms with Crippen LogP contribution in [0.25, 0.3) is 23.0 Å². The second-order valence-corrected chi connectivity index (χ2v) is 8.63. The first kappa shape index (κ1) is 26.0. The Labute approximate surface area is 213 Å². The molecule has 0 amide bonds. The lowest BCUT2D eigenvalue weighted by Crippen LogP contribution is -2.17. The molecule has 0 aliphatic rings. The van der Waals surface area contributed by atoms with Crippen LogP contribution in [-0.2, 0) is 6.18 Å². The van der Waals surface area contributed by atoms with Crippen molar-refractivity contribution in [1.29, 1.82) is 0 Å². The number of nitrogens with two attached hydrogens (primary N) is 1. The predicted molar refractivity (Wildman–Crippen MR) is 131 cm³/mol. The summed E-state index contributed by atoms with van der Waals surface area (Å²) in [5, 5.41) is 20.5. The summed E-state index contributed by atoms with van der Waals surface area (Å²) in [4.78, 5) is 8.55. The average Bonchev–Trinajstić information content (AvgIpc) is 3.34. The van der Waals surface area contributed by atoms with Crippen molar-refractivity contribution in [3.8, 4) is 16.9 Å². The molecule has 0 spiro atoms. The number of anilines is 2. The Morgan fingerprint density at radius 2 is 1.84 bits per heavy atom. The highest BCUT2D eigenvalue weighted by Gasteiger charge is 2.36. The zero-order chi connectivity index (χ0) is 26.9. The number of pyridine rings is 2. The number of rotatable bonds is 6. The van der Waals surface area contributed by atoms with Crippen LogP contribution in [-0.4, -0.2) is 30.1 Å². The van der Waals surface area contributed by atoms with Gasteiger partial charge in [0.05, 0.1) is 36.2 Å². The lowest BCUT2D eigenvalue weighted by atomic mass is 9.96. The highest BCUT2D eigenvalue weighted by molar-refractivity contribution is 6.31. The van der Waals surface area contributed by atoms with E-state index in [2.05, 4.69) is 25.5 Å². The average molecular weight is 534 g/mol. The number of nitrogen functional groups attached to an aromatic ring is 1. The number of nitrogens with zero attached hydrogens (tertiary/aromatic N) is 5. The molecule has 37 heavy (non-hydrogen) atoms. The molecule has 0 aliphatic heterocycles. The van der Waals surface area contributed by atoms with E-state index in [-0.39, 0.29) is 27.5 Å². The van der Waals surface area contributed by atoms with E-state index in [0.717, 1.165) is 28.7 Å². The third kappa shape index (κ3) is 5.54. The van der Waals surface area contributed by atoms with Gasteiger partial charge in [-0.15, -0.1) is 4.80 Å². The van der Waals surface area contributed by atoms with Crippen LogP contribution in [0, 0.1) is 5.82 Å². The minimum atomic E-state index is -4.79. The van der Waals surface area contributed by atoms with Crippen molar-refractivity contribution in [2.45, 2.75) is 26.3 Å². The predicted octanol–water partition coefficient (Wildman–Crippen LogP) is 5.64. The molecule has 3 aromatic heterocycles. The molecule has 0 saturated carbocycles. The molecule has 8 nitrogen and oxygen atoms in total. The number of aliphatic hydroxyl groups excluding tert-OH is 1. The topological polar surface area (TPSA) is 115 Å². The van der Waals surface area contributed by atoms with Gasteiger partial charge in [0, 0.05) is 33.5 Å². The van der Waals surface area contributed by atoms with Crippen molar-refractivity contribution >= 4 is 29.1 Å². The fraction of sp³-hybridized carbons (Fsp3) is 0.167. The first-order chi connectivity index (χ1) is 17.5. The van der Waals surface area contributed by atoms with Gasteiger partial charge in [-0.05, 0) is 32.0 Å². The van der Waals surface area contributed by atoms with Gasteiger partial charge in [0.15, 0.2) is 12.0 Å². The molecule has 13 heteroatoms. The van der Waals surface area contributed by atoms with Crippen molar-refractivity contribution in [2.24, 2.45) is 0 Å². The Morgan fingerprint density at radius 3 is 2.49 bits per heavy atom. The number of alkyl halides is 3. The zero-order valence-electron chi connectivity index (χ0n) is 19.4. The van der Waals surface area contributed by atoms with Crippen LogP contribution in [0.1, 0.15) is 36.8 Å². The van der Waals surface area contributed by atoms with E-state index in [1.54, 1.807) is 6.08 Å². The molecule has 0 fully saturated rings. The summed E-state index contributed by atoms with van der Waals surface area (Å²) in [5.74, 6) is -1.30. The molecule has 1 unspecified atom stereocenters. The van der Waals surface area contributed by atoms with Crippen molar-refractivity contribution < 1.29 is 22.7 Å². The number of hydrogen-bond acceptors (Lipinski definition) is 7. The molecule has 4 aromatic rings. The Balaban J connectivity index is 1.69. The van der Waals surface area contributed by atoms with Gasteiger partial charge in [0.2, 0.25) is 0 Å². The van der Waals surface area contributed by atoms with Crippen LogP contribution < -0.4 is 11.1 Å². The summed E-state index contributed by atoms with van der Waals surface area (Å²) >= 11 is 6.37. The Bertz CT molecular complexity index is 1470. The SMILES string of the molecule is CC(C)=Cc1cncc(N)c1-c1cc(Cl)c(C(O)Nc2cnc(-n3nccn3)c(C(F)(F)F)c2)cc1F. The van der Waals surface area contributed by atoms with E-state index < -0.39 is 29.6 Å². The maximum Gasteiger partial charge on any atom is 0.420 e. The van der Waals surface area contributed by atoms with Gasteiger partial charge < -0.3 is 16.2 Å². The van der Waals surface area contributed by atoms with Crippen molar-refractivity contribution in [2.75, 3.05) is 11.1 Å². The van der Waals surface area contributed by atoms with Crippen molar-refractivity contribution in [1.82, 2.24) is 25.0 Å². The number of halogens is 5. The normalized spacial score (nSPS) is 12.3. The van der Waals surface area contributed by atoms with Crippen molar-refractivity contribution in [3.63, 3.8) is 0 Å². The third-order valence-electron chi connectivity index (χ3n) is 5.18. The molecule has 4 rings (SSSR count). The second-order valence-electron chi connectivity index (χ2n) is 8.23. The molecular formula is C24H20ClF4N7O. The number of aromatic nitrogens is 5. The highest BCUT2D eigenvalue weighted by Crippen LogP contribution is 2.38. The van der Waals surface area contributed by atoms with Crippen LogP contribution >= 0.6 is 11.6 Å². The van der Waals surface area contributed by atoms with Gasteiger partial charge in [-0.1, -0.05) is 23.3 Å². The lowest BCUT2D eigenvalue weighted by Gasteiger charge is -2.19. The Morgan fingerprint density at radius 1 is 1.14 bits per heavy atom. The van der Waals surface area contributed by atoms with Gasteiger partial charge in [0.1, 0.15) is 11.4 Å². The van der Waals surface area contributed by atoms with Gasteiger partial charge in [-0.2, -0.15) is 23.4 Å². The molecule has 0 bridgehead atoms. The minimum absolute atomic E-state index is 0.0443. The van der Waals surface area contributed by atoms with Gasteiger partial charge in [0.25, 0.3) is 0 Å². The molecule has 0 aliphatic carbocycles. The number of aliphatic hydroxyl groups is 1. The largest absolute Gasteiger partial charge is 0.420 e. The number of nitrogens with one attached hydrogen (secondary N) is 1. The summed E-state index contributed by atoms with van der Waals surface area (Å²) in [6.45, 7) is 3.72. The van der Waals surface area contributed by atoms with Gasteiger partial charge >= 0.3 is 6.18 Å². The van der Waals surface area contributed by atoms with E-state index in [9.17, 15) is 18.3 Å². The van der Waals surface area contributed by atoms with Crippen LogP contribution in [0.5, 0.6) is 0 Å². The van der Waals surface area contributed by atoms with Gasteiger partial charge in [-0.3, -0.25) is 4.98 Å². The maximum absolute atomic E-state index is 15.3. The molecule has 0 radical (unpaired) electrons. The number of hydrogen-bond donors (Lipinski definition) is 3. The first-order valence-electron chi connectivity index (χ1n) is 10.7. The Kier molecular flexibility index (Phi) is 7.14. The molecule has 3 heterocycles. The van der Waals surface area contributed by atoms with E-state index in [4.69, 9.17) is 17.3 Å². The van der Waals surface area contributed by atoms with Crippen LogP contribution in [0.15, 0.2) is 54.8 Å². The molecule has 1 aromatic carbocycles. The quantitative estimate of drug-likeness (QED) is 0.217. The molecule has 1 atom stereocenters. The van der Waals surface area contributed by atoms with Crippen LogP contribution in [0.4, 0.5) is 28.9 Å². The van der Waals surface area contributed by atoms with Crippen LogP contribution in [0.2, 0.25) is 5.02 Å². The smallest absolute Gasteiger partial charge is 0.397 e.